The van der Waals surface area contributed by atoms with Crippen molar-refractivity contribution in [3.8, 4) is 0 Å². The third-order valence-corrected chi connectivity index (χ3v) is 9.26. The van der Waals surface area contributed by atoms with Gasteiger partial charge in [0.05, 0.1) is 0 Å². The molecule has 0 amide bonds. The first-order valence-electron chi connectivity index (χ1n) is 15.1. The molecule has 0 bridgehead atoms. The van der Waals surface area contributed by atoms with Crippen LogP contribution in [0.4, 0.5) is 0 Å². The quantitative estimate of drug-likeness (QED) is 0.252. The molecule has 1 heterocycles. The van der Waals surface area contributed by atoms with Gasteiger partial charge in [0.1, 0.15) is 18.8 Å². The Morgan fingerprint density at radius 2 is 1.41 bits per heavy atom. The first kappa shape index (κ1) is 32.0. The summed E-state index contributed by atoms with van der Waals surface area (Å²) < 4.78 is 28.3. The van der Waals surface area contributed by atoms with Crippen LogP contribution in [0.5, 0.6) is 0 Å². The van der Waals surface area contributed by atoms with Gasteiger partial charge in [0.25, 0.3) is 0 Å². The van der Waals surface area contributed by atoms with Crippen molar-refractivity contribution in [1.82, 2.24) is 0 Å². The van der Waals surface area contributed by atoms with Crippen LogP contribution in [-0.4, -0.2) is 54.9 Å². The molecule has 2 unspecified atom stereocenters. The lowest BCUT2D eigenvalue weighted by Gasteiger charge is -2.44. The summed E-state index contributed by atoms with van der Waals surface area (Å²) in [6.07, 6.45) is 1.54. The molecule has 1 saturated heterocycles. The third kappa shape index (κ3) is 7.61. The zero-order valence-corrected chi connectivity index (χ0v) is 26.3. The molecule has 6 atom stereocenters. The van der Waals surface area contributed by atoms with E-state index in [0.717, 1.165) is 11.1 Å². The van der Waals surface area contributed by atoms with Crippen LogP contribution in [0.25, 0.3) is 0 Å². The molecule has 2 aliphatic carbocycles. The molecule has 2 aromatic rings. The van der Waals surface area contributed by atoms with Gasteiger partial charge in [-0.1, -0.05) is 48.0 Å². The molecule has 1 spiro atoms. The summed E-state index contributed by atoms with van der Waals surface area (Å²) in [5.41, 5.74) is 4.51. The number of hydrogen-bond donors (Lipinski definition) is 0. The second-order valence-corrected chi connectivity index (χ2v) is 12.7. The van der Waals surface area contributed by atoms with Crippen LogP contribution in [0, 0.1) is 5.41 Å². The van der Waals surface area contributed by atoms with Crippen molar-refractivity contribution in [3.05, 3.63) is 69.7 Å². The average Bonchev–Trinajstić information content (AvgIpc) is 3.59. The van der Waals surface area contributed by atoms with Crippen molar-refractivity contribution < 1.29 is 42.9 Å². The monoisotopic (exact) mass is 626 g/mol. The number of ether oxygens (including phenoxy) is 5. The Labute approximate surface area is 262 Å². The SMILES string of the molecule is CC(=O)OC[C@H]1OC(c2ccc(Cl)c(Cc3ccc(C4CCC5(CC5)C4)cc3)c2)[C@H](OC(C)=O)[C@@H](OC(C)=O)[C@@H]1OC(C)=O. The van der Waals surface area contributed by atoms with Gasteiger partial charge in [-0.15, -0.1) is 0 Å². The van der Waals surface area contributed by atoms with Crippen molar-refractivity contribution in [2.45, 2.75) is 103 Å². The molecule has 0 radical (unpaired) electrons. The van der Waals surface area contributed by atoms with Gasteiger partial charge in [0.15, 0.2) is 18.3 Å². The fourth-order valence-corrected chi connectivity index (χ4v) is 6.84. The first-order chi connectivity index (χ1) is 20.9. The highest BCUT2D eigenvalue weighted by molar-refractivity contribution is 6.31. The van der Waals surface area contributed by atoms with E-state index in [1.165, 1.54) is 65.4 Å². The van der Waals surface area contributed by atoms with Crippen LogP contribution in [0.15, 0.2) is 42.5 Å². The lowest BCUT2D eigenvalue weighted by molar-refractivity contribution is -0.254. The smallest absolute Gasteiger partial charge is 0.303 e. The Hall–Kier alpha value is -3.43. The molecule has 0 N–H and O–H groups in total. The van der Waals surface area contributed by atoms with Crippen molar-refractivity contribution >= 4 is 35.5 Å². The maximum atomic E-state index is 12.3. The van der Waals surface area contributed by atoms with Crippen molar-refractivity contribution in [2.24, 2.45) is 5.41 Å². The van der Waals surface area contributed by atoms with Crippen LogP contribution >= 0.6 is 11.6 Å². The van der Waals surface area contributed by atoms with Crippen LogP contribution in [0.1, 0.15) is 94.1 Å². The number of carbonyl (C=O) groups is 4. The predicted octanol–water partition coefficient (Wildman–Crippen LogP) is 5.78. The third-order valence-electron chi connectivity index (χ3n) is 8.89. The van der Waals surface area contributed by atoms with E-state index < -0.39 is 54.4 Å². The van der Waals surface area contributed by atoms with E-state index in [0.29, 0.717) is 28.3 Å². The normalized spacial score (nSPS) is 26.9. The zero-order chi connectivity index (χ0) is 31.6. The van der Waals surface area contributed by atoms with E-state index in [2.05, 4.69) is 24.3 Å². The van der Waals surface area contributed by atoms with Crippen molar-refractivity contribution in [1.29, 1.82) is 0 Å². The van der Waals surface area contributed by atoms with Crippen LogP contribution in [-0.2, 0) is 49.3 Å². The van der Waals surface area contributed by atoms with E-state index in [-0.39, 0.29) is 6.61 Å². The summed E-state index contributed by atoms with van der Waals surface area (Å²) >= 11 is 6.66. The molecule has 5 rings (SSSR count). The topological polar surface area (TPSA) is 114 Å². The fourth-order valence-electron chi connectivity index (χ4n) is 6.65. The highest BCUT2D eigenvalue weighted by atomic mass is 35.5. The van der Waals surface area contributed by atoms with Gasteiger partial charge in [-0.3, -0.25) is 19.2 Å². The van der Waals surface area contributed by atoms with Gasteiger partial charge in [0.2, 0.25) is 0 Å². The summed E-state index contributed by atoms with van der Waals surface area (Å²) in [6, 6.07) is 14.1. The molecule has 1 aliphatic heterocycles. The number of rotatable bonds is 9. The molecular weight excluding hydrogens is 588 g/mol. The number of halogens is 1. The van der Waals surface area contributed by atoms with Gasteiger partial charge in [0, 0.05) is 32.7 Å². The van der Waals surface area contributed by atoms with Crippen LogP contribution in [0.2, 0.25) is 5.02 Å². The Kier molecular flexibility index (Phi) is 9.65. The lowest BCUT2D eigenvalue weighted by Crippen LogP contribution is -2.59. The van der Waals surface area contributed by atoms with E-state index in [1.54, 1.807) is 12.1 Å². The van der Waals surface area contributed by atoms with E-state index >= 15 is 0 Å². The minimum Gasteiger partial charge on any atom is -0.463 e. The molecule has 2 saturated carbocycles. The zero-order valence-electron chi connectivity index (χ0n) is 25.5. The number of benzene rings is 2. The molecule has 0 aromatic heterocycles. The maximum absolute atomic E-state index is 12.3. The molecular formula is C34H39ClO9. The maximum Gasteiger partial charge on any atom is 0.303 e. The number of esters is 4. The second-order valence-electron chi connectivity index (χ2n) is 12.3. The standard InChI is InChI=1S/C34H39ClO9/c1-19(36)40-18-29-31(41-20(2)37)33(43-22(4)39)32(42-21(3)38)30(44-29)25-9-10-28(35)27(16-25)15-23-5-7-24(8-6-23)26-11-12-34(17-26)13-14-34/h5-10,16,26,29-33H,11-15,17-18H2,1-4H3/t26?,29-,30?,31-,32+,33+/m1/s1. The largest absolute Gasteiger partial charge is 0.463 e. The molecule has 3 fully saturated rings. The number of carbonyl (C=O) groups excluding carboxylic acids is 4. The summed E-state index contributed by atoms with van der Waals surface area (Å²) in [4.78, 5) is 48.1. The van der Waals surface area contributed by atoms with E-state index in [4.69, 9.17) is 35.3 Å². The predicted molar refractivity (Wildman–Crippen MR) is 160 cm³/mol. The minimum absolute atomic E-state index is 0.288. The Morgan fingerprint density at radius 3 is 2.00 bits per heavy atom. The molecule has 9 nitrogen and oxygen atoms in total. The highest BCUT2D eigenvalue weighted by Gasteiger charge is 2.52. The van der Waals surface area contributed by atoms with Gasteiger partial charge in [-0.05, 0) is 78.2 Å². The second kappa shape index (κ2) is 13.3. The summed E-state index contributed by atoms with van der Waals surface area (Å²) in [6.45, 7) is 4.56. The average molecular weight is 627 g/mol. The highest BCUT2D eigenvalue weighted by Crippen LogP contribution is 2.61. The molecule has 2 aromatic carbocycles. The van der Waals surface area contributed by atoms with Gasteiger partial charge in [-0.25, -0.2) is 0 Å². The van der Waals surface area contributed by atoms with E-state index in [9.17, 15) is 19.2 Å². The number of hydrogen-bond acceptors (Lipinski definition) is 9. The summed E-state index contributed by atoms with van der Waals surface area (Å²) in [7, 11) is 0. The minimum atomic E-state index is -1.24. The van der Waals surface area contributed by atoms with Gasteiger partial charge in [-0.2, -0.15) is 0 Å². The van der Waals surface area contributed by atoms with Gasteiger partial charge >= 0.3 is 23.9 Å². The van der Waals surface area contributed by atoms with Crippen molar-refractivity contribution in [2.75, 3.05) is 6.61 Å². The molecule has 3 aliphatic rings. The Bertz CT molecular complexity index is 1400. The molecule has 44 heavy (non-hydrogen) atoms. The summed E-state index contributed by atoms with van der Waals surface area (Å²) in [5, 5.41) is 0.551. The van der Waals surface area contributed by atoms with Crippen molar-refractivity contribution in [3.63, 3.8) is 0 Å². The van der Waals surface area contributed by atoms with Gasteiger partial charge < -0.3 is 23.7 Å². The van der Waals surface area contributed by atoms with E-state index in [1.807, 2.05) is 6.07 Å². The van der Waals surface area contributed by atoms with Crippen LogP contribution in [0.3, 0.4) is 0 Å². The summed E-state index contributed by atoms with van der Waals surface area (Å²) in [5.74, 6) is -1.95. The fraction of sp³-hybridized carbons (Fsp3) is 0.529. The Balaban J connectivity index is 1.43. The first-order valence-corrected chi connectivity index (χ1v) is 15.5. The lowest BCUT2D eigenvalue weighted by atomic mass is 9.89. The van der Waals surface area contributed by atoms with Crippen LogP contribution < -0.4 is 0 Å². The molecule has 10 heteroatoms. The molecule has 236 valence electrons. The Morgan fingerprint density at radius 1 is 0.795 bits per heavy atom.